The molecule has 0 heterocycles. The van der Waals surface area contributed by atoms with Gasteiger partial charge in [0.25, 0.3) is 0 Å². The van der Waals surface area contributed by atoms with Crippen molar-refractivity contribution in [2.45, 2.75) is 27.2 Å². The number of rotatable bonds is 7. The lowest BCUT2D eigenvalue weighted by molar-refractivity contribution is 0.322. The highest BCUT2D eigenvalue weighted by Crippen LogP contribution is 2.25. The van der Waals surface area contributed by atoms with Crippen molar-refractivity contribution in [3.05, 3.63) is 28.3 Å². The highest BCUT2D eigenvalue weighted by molar-refractivity contribution is 7.89. The maximum absolute atomic E-state index is 11.4. The number of halogens is 1. The summed E-state index contributed by atoms with van der Waals surface area (Å²) in [5, 5.41) is 0.732. The summed E-state index contributed by atoms with van der Waals surface area (Å²) in [6.07, 6.45) is 0.603. The average molecular weight is 306 g/mol. The van der Waals surface area contributed by atoms with E-state index in [4.69, 9.17) is 16.3 Å². The summed E-state index contributed by atoms with van der Waals surface area (Å²) < 4.78 is 30.8. The Hall–Kier alpha value is -0.780. The molecule has 6 heteroatoms. The van der Waals surface area contributed by atoms with Crippen LogP contribution in [0.25, 0.3) is 0 Å². The monoisotopic (exact) mass is 305 g/mol. The summed E-state index contributed by atoms with van der Waals surface area (Å²) in [6, 6.07) is 3.69. The normalized spacial score (nSPS) is 11.6. The van der Waals surface area contributed by atoms with Crippen LogP contribution in [0.15, 0.2) is 12.1 Å². The number of sulfonamides is 1. The summed E-state index contributed by atoms with van der Waals surface area (Å²) in [6.45, 7) is 6.21. The van der Waals surface area contributed by atoms with Gasteiger partial charge in [-0.2, -0.15) is 0 Å². The van der Waals surface area contributed by atoms with Gasteiger partial charge in [0.05, 0.1) is 5.75 Å². The standard InChI is InChI=1S/C13H20ClNO3S/c1-4-7-19(16,17)15-5-6-18-12-8-10(2)13(14)11(3)9-12/h8-9,15H,4-7H2,1-3H3. The van der Waals surface area contributed by atoms with Crippen molar-refractivity contribution in [1.82, 2.24) is 4.72 Å². The molecule has 0 aliphatic carbocycles. The summed E-state index contributed by atoms with van der Waals surface area (Å²) in [5.74, 6) is 0.848. The van der Waals surface area contributed by atoms with E-state index in [1.165, 1.54) is 0 Å². The van der Waals surface area contributed by atoms with Crippen LogP contribution < -0.4 is 9.46 Å². The van der Waals surface area contributed by atoms with E-state index in [1.54, 1.807) is 0 Å². The SMILES string of the molecule is CCCS(=O)(=O)NCCOc1cc(C)c(Cl)c(C)c1. The lowest BCUT2D eigenvalue weighted by Crippen LogP contribution is -2.30. The van der Waals surface area contributed by atoms with Crippen LogP contribution in [0.1, 0.15) is 24.5 Å². The van der Waals surface area contributed by atoms with Crippen LogP contribution in [0, 0.1) is 13.8 Å². The molecule has 0 fully saturated rings. The number of hydrogen-bond donors (Lipinski definition) is 1. The van der Waals surface area contributed by atoms with Gasteiger partial charge in [0.15, 0.2) is 0 Å². The second kappa shape index (κ2) is 7.12. The Morgan fingerprint density at radius 2 is 1.84 bits per heavy atom. The molecule has 19 heavy (non-hydrogen) atoms. The third-order valence-corrected chi connectivity index (χ3v) is 4.76. The summed E-state index contributed by atoms with van der Waals surface area (Å²) in [4.78, 5) is 0. The lowest BCUT2D eigenvalue weighted by Gasteiger charge is -2.10. The van der Waals surface area contributed by atoms with Crippen LogP contribution in [0.4, 0.5) is 0 Å². The van der Waals surface area contributed by atoms with Crippen molar-refractivity contribution in [3.8, 4) is 5.75 Å². The molecule has 0 aliphatic heterocycles. The number of aryl methyl sites for hydroxylation is 2. The Bertz CT molecular complexity index is 506. The minimum absolute atomic E-state index is 0.145. The molecule has 0 amide bonds. The van der Waals surface area contributed by atoms with Crippen LogP contribution in [0.3, 0.4) is 0 Å². The lowest BCUT2D eigenvalue weighted by atomic mass is 10.1. The van der Waals surface area contributed by atoms with Crippen LogP contribution in [-0.2, 0) is 10.0 Å². The quantitative estimate of drug-likeness (QED) is 0.788. The first-order valence-corrected chi connectivity index (χ1v) is 8.25. The maximum Gasteiger partial charge on any atom is 0.211 e. The van der Waals surface area contributed by atoms with Gasteiger partial charge in [-0.25, -0.2) is 13.1 Å². The fourth-order valence-corrected chi connectivity index (χ4v) is 2.88. The van der Waals surface area contributed by atoms with E-state index in [9.17, 15) is 8.42 Å². The van der Waals surface area contributed by atoms with Crippen molar-refractivity contribution in [2.75, 3.05) is 18.9 Å². The summed E-state index contributed by atoms with van der Waals surface area (Å²) >= 11 is 6.06. The molecule has 1 aromatic rings. The number of benzene rings is 1. The average Bonchev–Trinajstić information content (AvgIpc) is 2.31. The number of nitrogens with one attached hydrogen (secondary N) is 1. The van der Waals surface area contributed by atoms with Gasteiger partial charge in [-0.1, -0.05) is 18.5 Å². The number of hydrogen-bond acceptors (Lipinski definition) is 3. The van der Waals surface area contributed by atoms with Gasteiger partial charge in [0, 0.05) is 11.6 Å². The van der Waals surface area contributed by atoms with Gasteiger partial charge in [-0.15, -0.1) is 0 Å². The van der Waals surface area contributed by atoms with Crippen LogP contribution in [-0.4, -0.2) is 27.3 Å². The molecule has 108 valence electrons. The predicted octanol–water partition coefficient (Wildman–Crippen LogP) is 2.67. The summed E-state index contributed by atoms with van der Waals surface area (Å²) in [7, 11) is -3.16. The minimum Gasteiger partial charge on any atom is -0.492 e. The van der Waals surface area contributed by atoms with Gasteiger partial charge in [0.1, 0.15) is 12.4 Å². The molecule has 0 saturated carbocycles. The Kier molecular flexibility index (Phi) is 6.10. The molecule has 0 bridgehead atoms. The molecule has 1 rings (SSSR count). The topological polar surface area (TPSA) is 55.4 Å². The molecule has 0 spiro atoms. The first-order valence-electron chi connectivity index (χ1n) is 6.22. The highest BCUT2D eigenvalue weighted by atomic mass is 35.5. The van der Waals surface area contributed by atoms with E-state index in [0.29, 0.717) is 18.8 Å². The summed E-state index contributed by atoms with van der Waals surface area (Å²) in [5.41, 5.74) is 1.89. The Labute approximate surface area is 120 Å². The van der Waals surface area contributed by atoms with Crippen molar-refractivity contribution >= 4 is 21.6 Å². The zero-order valence-corrected chi connectivity index (χ0v) is 13.1. The smallest absolute Gasteiger partial charge is 0.211 e. The molecule has 1 N–H and O–H groups in total. The maximum atomic E-state index is 11.4. The third-order valence-electron chi connectivity index (χ3n) is 2.58. The molecule has 0 radical (unpaired) electrons. The Morgan fingerprint density at radius 3 is 2.37 bits per heavy atom. The Morgan fingerprint density at radius 1 is 1.26 bits per heavy atom. The zero-order valence-electron chi connectivity index (χ0n) is 11.5. The molecule has 4 nitrogen and oxygen atoms in total. The van der Waals surface area contributed by atoms with Gasteiger partial charge in [-0.05, 0) is 43.5 Å². The highest BCUT2D eigenvalue weighted by Gasteiger charge is 2.08. The third kappa shape index (κ3) is 5.38. The van der Waals surface area contributed by atoms with Crippen LogP contribution in [0.5, 0.6) is 5.75 Å². The van der Waals surface area contributed by atoms with Crippen molar-refractivity contribution in [3.63, 3.8) is 0 Å². The van der Waals surface area contributed by atoms with E-state index < -0.39 is 10.0 Å². The first-order chi connectivity index (χ1) is 8.85. The van der Waals surface area contributed by atoms with Crippen LogP contribution in [0.2, 0.25) is 5.02 Å². The molecule has 0 aromatic heterocycles. The second-order valence-electron chi connectivity index (χ2n) is 4.43. The van der Waals surface area contributed by atoms with E-state index in [2.05, 4.69) is 4.72 Å². The largest absolute Gasteiger partial charge is 0.492 e. The molecule has 0 unspecified atom stereocenters. The van der Waals surface area contributed by atoms with Crippen molar-refractivity contribution < 1.29 is 13.2 Å². The van der Waals surface area contributed by atoms with Crippen molar-refractivity contribution in [2.24, 2.45) is 0 Å². The minimum atomic E-state index is -3.16. The molecule has 1 aromatic carbocycles. The second-order valence-corrected chi connectivity index (χ2v) is 6.74. The number of ether oxygens (including phenoxy) is 1. The fourth-order valence-electron chi connectivity index (χ4n) is 1.70. The molecule has 0 aliphatic rings. The molecular weight excluding hydrogens is 286 g/mol. The van der Waals surface area contributed by atoms with Gasteiger partial charge >= 0.3 is 0 Å². The van der Waals surface area contributed by atoms with E-state index >= 15 is 0 Å². The van der Waals surface area contributed by atoms with E-state index in [0.717, 1.165) is 16.1 Å². The van der Waals surface area contributed by atoms with Crippen molar-refractivity contribution in [1.29, 1.82) is 0 Å². The predicted molar refractivity (Wildman–Crippen MR) is 78.5 cm³/mol. The Balaban J connectivity index is 2.46. The van der Waals surface area contributed by atoms with Gasteiger partial charge < -0.3 is 4.74 Å². The zero-order chi connectivity index (χ0) is 14.5. The van der Waals surface area contributed by atoms with Gasteiger partial charge in [-0.3, -0.25) is 0 Å². The van der Waals surface area contributed by atoms with E-state index in [1.807, 2.05) is 32.9 Å². The van der Waals surface area contributed by atoms with Crippen LogP contribution >= 0.6 is 11.6 Å². The van der Waals surface area contributed by atoms with Gasteiger partial charge in [0.2, 0.25) is 10.0 Å². The molecule has 0 saturated heterocycles. The van der Waals surface area contributed by atoms with E-state index in [-0.39, 0.29) is 12.3 Å². The first kappa shape index (κ1) is 16.3. The molecule has 0 atom stereocenters. The molecular formula is C13H20ClNO3S. The fraction of sp³-hybridized carbons (Fsp3) is 0.538.